The highest BCUT2D eigenvalue weighted by molar-refractivity contribution is 6.04. The molecule has 0 saturated carbocycles. The van der Waals surface area contributed by atoms with E-state index in [4.69, 9.17) is 0 Å². The number of aromatic nitrogens is 3. The van der Waals surface area contributed by atoms with Crippen molar-refractivity contribution in [1.82, 2.24) is 14.8 Å². The Morgan fingerprint density at radius 3 is 3.00 bits per heavy atom. The van der Waals surface area contributed by atoms with Crippen molar-refractivity contribution in [3.05, 3.63) is 36.3 Å². The summed E-state index contributed by atoms with van der Waals surface area (Å²) in [6.45, 7) is 2.74. The molecule has 6 nitrogen and oxygen atoms in total. The third-order valence-corrected chi connectivity index (χ3v) is 2.34. The number of anilines is 2. The highest BCUT2D eigenvalue weighted by Crippen LogP contribution is 2.10. The molecular formula is C12H15N5O. The van der Waals surface area contributed by atoms with Gasteiger partial charge in [0, 0.05) is 31.5 Å². The van der Waals surface area contributed by atoms with E-state index in [-0.39, 0.29) is 5.91 Å². The van der Waals surface area contributed by atoms with Gasteiger partial charge in [-0.15, -0.1) is 0 Å². The van der Waals surface area contributed by atoms with Crippen molar-refractivity contribution in [2.75, 3.05) is 17.2 Å². The molecule has 0 aliphatic rings. The van der Waals surface area contributed by atoms with Gasteiger partial charge in [0.25, 0.3) is 5.91 Å². The summed E-state index contributed by atoms with van der Waals surface area (Å²) in [6.07, 6.45) is 4.95. The van der Waals surface area contributed by atoms with Gasteiger partial charge in [0.05, 0.1) is 11.9 Å². The van der Waals surface area contributed by atoms with Crippen LogP contribution in [0.25, 0.3) is 0 Å². The third kappa shape index (κ3) is 2.85. The number of hydrogen-bond donors (Lipinski definition) is 2. The van der Waals surface area contributed by atoms with Crippen LogP contribution in [0.5, 0.6) is 0 Å². The van der Waals surface area contributed by atoms with Crippen LogP contribution in [-0.4, -0.2) is 27.2 Å². The summed E-state index contributed by atoms with van der Waals surface area (Å²) in [5, 5.41) is 9.82. The Morgan fingerprint density at radius 2 is 2.33 bits per heavy atom. The largest absolute Gasteiger partial charge is 0.370 e. The zero-order chi connectivity index (χ0) is 13.0. The van der Waals surface area contributed by atoms with Gasteiger partial charge in [-0.2, -0.15) is 5.10 Å². The summed E-state index contributed by atoms with van der Waals surface area (Å²) >= 11 is 0. The molecule has 18 heavy (non-hydrogen) atoms. The number of carbonyl (C=O) groups excluding carboxylic acids is 1. The molecule has 0 unspecified atom stereocenters. The van der Waals surface area contributed by atoms with E-state index < -0.39 is 0 Å². The molecule has 0 saturated heterocycles. The smallest absolute Gasteiger partial charge is 0.255 e. The van der Waals surface area contributed by atoms with Crippen LogP contribution in [-0.2, 0) is 7.05 Å². The molecule has 0 aliphatic heterocycles. The average Bonchev–Trinajstić information content (AvgIpc) is 2.75. The van der Waals surface area contributed by atoms with Crippen molar-refractivity contribution in [2.24, 2.45) is 7.05 Å². The summed E-state index contributed by atoms with van der Waals surface area (Å²) in [7, 11) is 1.80. The normalized spacial score (nSPS) is 10.1. The van der Waals surface area contributed by atoms with Crippen molar-refractivity contribution < 1.29 is 4.79 Å². The van der Waals surface area contributed by atoms with Crippen LogP contribution in [0, 0.1) is 0 Å². The van der Waals surface area contributed by atoms with Crippen molar-refractivity contribution >= 4 is 17.4 Å². The van der Waals surface area contributed by atoms with Gasteiger partial charge >= 0.3 is 0 Å². The fourth-order valence-corrected chi connectivity index (χ4v) is 1.54. The number of carbonyl (C=O) groups is 1. The minimum absolute atomic E-state index is 0.176. The monoisotopic (exact) mass is 245 g/mol. The molecule has 2 rings (SSSR count). The Morgan fingerprint density at radius 1 is 1.50 bits per heavy atom. The number of amides is 1. The topological polar surface area (TPSA) is 71.8 Å². The molecule has 2 aromatic rings. The highest BCUT2D eigenvalue weighted by Gasteiger charge is 2.08. The lowest BCUT2D eigenvalue weighted by atomic mass is 10.2. The second-order valence-electron chi connectivity index (χ2n) is 3.82. The van der Waals surface area contributed by atoms with Crippen LogP contribution in [0.4, 0.5) is 11.5 Å². The third-order valence-electron chi connectivity index (χ3n) is 2.34. The first-order chi connectivity index (χ1) is 8.69. The van der Waals surface area contributed by atoms with Crippen LogP contribution in [0.1, 0.15) is 17.3 Å². The van der Waals surface area contributed by atoms with Gasteiger partial charge in [-0.25, -0.2) is 4.98 Å². The van der Waals surface area contributed by atoms with E-state index in [0.29, 0.717) is 17.1 Å². The van der Waals surface area contributed by atoms with E-state index in [9.17, 15) is 4.79 Å². The fraction of sp³-hybridized carbons (Fsp3) is 0.250. The average molecular weight is 245 g/mol. The van der Waals surface area contributed by atoms with E-state index in [1.54, 1.807) is 42.5 Å². The molecule has 0 atom stereocenters. The molecule has 0 aliphatic carbocycles. The van der Waals surface area contributed by atoms with Gasteiger partial charge in [0.15, 0.2) is 0 Å². The zero-order valence-corrected chi connectivity index (χ0v) is 10.3. The van der Waals surface area contributed by atoms with Crippen LogP contribution < -0.4 is 10.6 Å². The number of aryl methyl sites for hydroxylation is 1. The Kier molecular flexibility index (Phi) is 3.57. The quantitative estimate of drug-likeness (QED) is 0.856. The van der Waals surface area contributed by atoms with Crippen LogP contribution in [0.15, 0.2) is 30.7 Å². The summed E-state index contributed by atoms with van der Waals surface area (Å²) in [5.41, 5.74) is 1.23. The molecule has 0 bridgehead atoms. The number of hydrogen-bond acceptors (Lipinski definition) is 4. The Hall–Kier alpha value is -2.37. The second-order valence-corrected chi connectivity index (χ2v) is 3.82. The number of nitrogens with zero attached hydrogens (tertiary/aromatic N) is 3. The maximum atomic E-state index is 12.0. The summed E-state index contributed by atoms with van der Waals surface area (Å²) in [5.74, 6) is 0.515. The van der Waals surface area contributed by atoms with E-state index in [1.165, 1.54) is 0 Å². The number of nitrogens with one attached hydrogen (secondary N) is 2. The van der Waals surface area contributed by atoms with E-state index in [1.807, 2.05) is 6.92 Å². The first-order valence-corrected chi connectivity index (χ1v) is 5.69. The zero-order valence-electron chi connectivity index (χ0n) is 10.3. The van der Waals surface area contributed by atoms with Gasteiger partial charge < -0.3 is 10.6 Å². The summed E-state index contributed by atoms with van der Waals surface area (Å²) in [6, 6.07) is 3.39. The first-order valence-electron chi connectivity index (χ1n) is 5.69. The van der Waals surface area contributed by atoms with Crippen molar-refractivity contribution in [2.45, 2.75) is 6.92 Å². The maximum Gasteiger partial charge on any atom is 0.255 e. The molecule has 0 spiro atoms. The SMILES string of the molecule is CCNc1cc(C(=O)Nc2cnn(C)c2)ccn1. The van der Waals surface area contributed by atoms with Crippen molar-refractivity contribution in [1.29, 1.82) is 0 Å². The maximum absolute atomic E-state index is 12.0. The lowest BCUT2D eigenvalue weighted by molar-refractivity contribution is 0.102. The second kappa shape index (κ2) is 5.31. The minimum atomic E-state index is -0.176. The van der Waals surface area contributed by atoms with E-state index in [2.05, 4.69) is 20.7 Å². The van der Waals surface area contributed by atoms with Gasteiger partial charge in [-0.1, -0.05) is 0 Å². The molecule has 6 heteroatoms. The summed E-state index contributed by atoms with van der Waals surface area (Å²) in [4.78, 5) is 16.1. The lowest BCUT2D eigenvalue weighted by Gasteiger charge is -2.05. The molecule has 0 radical (unpaired) electrons. The van der Waals surface area contributed by atoms with Crippen molar-refractivity contribution in [3.63, 3.8) is 0 Å². The Bertz CT molecular complexity index is 549. The van der Waals surface area contributed by atoms with Gasteiger partial charge in [0.2, 0.25) is 0 Å². The van der Waals surface area contributed by atoms with Crippen LogP contribution >= 0.6 is 0 Å². The van der Waals surface area contributed by atoms with Gasteiger partial charge in [-0.3, -0.25) is 9.48 Å². The van der Waals surface area contributed by atoms with Gasteiger partial charge in [-0.05, 0) is 19.1 Å². The predicted octanol–water partition coefficient (Wildman–Crippen LogP) is 1.50. The van der Waals surface area contributed by atoms with Crippen molar-refractivity contribution in [3.8, 4) is 0 Å². The van der Waals surface area contributed by atoms with E-state index >= 15 is 0 Å². The molecule has 0 fully saturated rings. The predicted molar refractivity (Wildman–Crippen MR) is 69.6 cm³/mol. The summed E-state index contributed by atoms with van der Waals surface area (Å²) < 4.78 is 1.63. The first kappa shape index (κ1) is 12.1. The van der Waals surface area contributed by atoms with E-state index in [0.717, 1.165) is 6.54 Å². The number of pyridine rings is 1. The molecule has 2 N–H and O–H groups in total. The van der Waals surface area contributed by atoms with Gasteiger partial charge in [0.1, 0.15) is 5.82 Å². The van der Waals surface area contributed by atoms with Crippen LogP contribution in [0.3, 0.4) is 0 Å². The fourth-order valence-electron chi connectivity index (χ4n) is 1.54. The molecule has 1 amide bonds. The minimum Gasteiger partial charge on any atom is -0.370 e. The lowest BCUT2D eigenvalue weighted by Crippen LogP contribution is -2.12. The standard InChI is InChI=1S/C12H15N5O/c1-3-13-11-6-9(4-5-14-11)12(18)16-10-7-15-17(2)8-10/h4-8H,3H2,1-2H3,(H,13,14)(H,16,18). The molecule has 0 aromatic carbocycles. The molecule has 2 aromatic heterocycles. The molecular weight excluding hydrogens is 230 g/mol. The number of rotatable bonds is 4. The molecule has 2 heterocycles. The van der Waals surface area contributed by atoms with Crippen LogP contribution in [0.2, 0.25) is 0 Å². The highest BCUT2D eigenvalue weighted by atomic mass is 16.1. The Labute approximate surface area is 105 Å². The molecule has 94 valence electrons. The Balaban J connectivity index is 2.11.